The van der Waals surface area contributed by atoms with Gasteiger partial charge in [-0.2, -0.15) is 5.26 Å². The number of thioether (sulfide) groups is 1. The van der Waals surface area contributed by atoms with Crippen molar-refractivity contribution in [3.63, 3.8) is 0 Å². The number of carbonyl (C=O) groups excluding carboxylic acids is 1. The van der Waals surface area contributed by atoms with E-state index in [4.69, 9.17) is 14.7 Å². The van der Waals surface area contributed by atoms with Crippen LogP contribution in [0.3, 0.4) is 0 Å². The number of aryl methyl sites for hydroxylation is 1. The fourth-order valence-electron chi connectivity index (χ4n) is 2.25. The third kappa shape index (κ3) is 4.43. The van der Waals surface area contributed by atoms with E-state index in [-0.39, 0.29) is 12.3 Å². The lowest BCUT2D eigenvalue weighted by Crippen LogP contribution is -2.15. The molecule has 0 saturated heterocycles. The van der Waals surface area contributed by atoms with E-state index in [1.165, 1.54) is 0 Å². The maximum atomic E-state index is 12.3. The van der Waals surface area contributed by atoms with Crippen molar-refractivity contribution >= 4 is 23.4 Å². The molecule has 0 aromatic heterocycles. The minimum Gasteiger partial charge on any atom is -0.493 e. The van der Waals surface area contributed by atoms with Gasteiger partial charge in [-0.15, -0.1) is 0 Å². The normalized spacial score (nSPS) is 9.92. The molecule has 0 aliphatic heterocycles. The standard InChI is InChI=1S/C18H18N2O3S/c1-12-8-16(22-2)17(23-3)9-13(12)10-18(21)20-14-4-6-15(7-5-14)24-11-19/h4-9H,10H2,1-3H3,(H,20,21). The second-order valence-corrected chi connectivity index (χ2v) is 5.93. The zero-order valence-corrected chi connectivity index (χ0v) is 14.6. The van der Waals surface area contributed by atoms with Crippen LogP contribution in [0.5, 0.6) is 11.5 Å². The number of thiocyanates is 1. The highest BCUT2D eigenvalue weighted by atomic mass is 32.2. The average molecular weight is 342 g/mol. The molecule has 0 unspecified atom stereocenters. The van der Waals surface area contributed by atoms with Gasteiger partial charge >= 0.3 is 0 Å². The first-order chi connectivity index (χ1) is 11.6. The van der Waals surface area contributed by atoms with E-state index in [1.54, 1.807) is 38.5 Å². The third-order valence-electron chi connectivity index (χ3n) is 3.49. The maximum absolute atomic E-state index is 12.3. The molecule has 6 heteroatoms. The summed E-state index contributed by atoms with van der Waals surface area (Å²) in [6.07, 6.45) is 0.237. The Balaban J connectivity index is 2.08. The van der Waals surface area contributed by atoms with E-state index in [9.17, 15) is 4.79 Å². The fourth-order valence-corrected chi connectivity index (χ4v) is 2.63. The van der Waals surface area contributed by atoms with Crippen LogP contribution in [0.25, 0.3) is 0 Å². The van der Waals surface area contributed by atoms with Crippen molar-refractivity contribution in [3.05, 3.63) is 47.5 Å². The van der Waals surface area contributed by atoms with Crippen LogP contribution in [0.1, 0.15) is 11.1 Å². The summed E-state index contributed by atoms with van der Waals surface area (Å²) in [4.78, 5) is 13.1. The highest BCUT2D eigenvalue weighted by molar-refractivity contribution is 8.03. The van der Waals surface area contributed by atoms with E-state index in [0.717, 1.165) is 27.8 Å². The molecule has 0 atom stereocenters. The molecule has 0 saturated carbocycles. The summed E-state index contributed by atoms with van der Waals surface area (Å²) >= 11 is 1.08. The molecule has 0 fully saturated rings. The first-order valence-corrected chi connectivity index (χ1v) is 8.06. The van der Waals surface area contributed by atoms with Gasteiger partial charge in [0.05, 0.1) is 20.6 Å². The highest BCUT2D eigenvalue weighted by Gasteiger charge is 2.12. The van der Waals surface area contributed by atoms with Crippen molar-refractivity contribution in [1.29, 1.82) is 5.26 Å². The van der Waals surface area contributed by atoms with Gasteiger partial charge in [-0.05, 0) is 66.2 Å². The van der Waals surface area contributed by atoms with Gasteiger partial charge in [0.2, 0.25) is 5.91 Å². The summed E-state index contributed by atoms with van der Waals surface area (Å²) in [6.45, 7) is 1.93. The lowest BCUT2D eigenvalue weighted by Gasteiger charge is -2.13. The Hall–Kier alpha value is -2.65. The Kier molecular flexibility index (Phi) is 6.10. The molecule has 5 nitrogen and oxygen atoms in total. The van der Waals surface area contributed by atoms with Crippen molar-refractivity contribution < 1.29 is 14.3 Å². The van der Waals surface area contributed by atoms with Gasteiger partial charge in [0, 0.05) is 10.6 Å². The minimum atomic E-state index is -0.119. The fraction of sp³-hybridized carbons (Fsp3) is 0.222. The highest BCUT2D eigenvalue weighted by Crippen LogP contribution is 2.30. The van der Waals surface area contributed by atoms with E-state index >= 15 is 0 Å². The minimum absolute atomic E-state index is 0.119. The monoisotopic (exact) mass is 342 g/mol. The van der Waals surface area contributed by atoms with Gasteiger partial charge in [-0.1, -0.05) is 0 Å². The predicted octanol–water partition coefficient (Wildman–Crippen LogP) is 3.77. The van der Waals surface area contributed by atoms with Crippen LogP contribution in [0.4, 0.5) is 5.69 Å². The van der Waals surface area contributed by atoms with Gasteiger partial charge in [0.25, 0.3) is 0 Å². The molecule has 2 aromatic carbocycles. The SMILES string of the molecule is COc1cc(C)c(CC(=O)Nc2ccc(SC#N)cc2)cc1OC. The van der Waals surface area contributed by atoms with Gasteiger partial charge in [-0.3, -0.25) is 4.79 Å². The van der Waals surface area contributed by atoms with E-state index in [1.807, 2.05) is 24.5 Å². The zero-order valence-electron chi connectivity index (χ0n) is 13.8. The number of rotatable bonds is 6. The van der Waals surface area contributed by atoms with Crippen LogP contribution in [-0.4, -0.2) is 20.1 Å². The molecule has 1 N–H and O–H groups in total. The number of ether oxygens (including phenoxy) is 2. The summed E-state index contributed by atoms with van der Waals surface area (Å²) in [5.74, 6) is 1.12. The largest absolute Gasteiger partial charge is 0.493 e. The average Bonchev–Trinajstić information content (AvgIpc) is 2.58. The number of nitrogens with zero attached hydrogens (tertiary/aromatic N) is 1. The first-order valence-electron chi connectivity index (χ1n) is 7.24. The molecule has 0 radical (unpaired) electrons. The Morgan fingerprint density at radius 2 is 1.79 bits per heavy atom. The summed E-state index contributed by atoms with van der Waals surface area (Å²) in [7, 11) is 3.15. The maximum Gasteiger partial charge on any atom is 0.228 e. The predicted molar refractivity (Wildman–Crippen MR) is 94.5 cm³/mol. The molecule has 0 spiro atoms. The summed E-state index contributed by atoms with van der Waals surface area (Å²) in [6, 6.07) is 10.8. The molecular formula is C18H18N2O3S. The summed E-state index contributed by atoms with van der Waals surface area (Å²) < 4.78 is 10.5. The van der Waals surface area contributed by atoms with Crippen molar-refractivity contribution in [1.82, 2.24) is 0 Å². The molecule has 0 aliphatic rings. The topological polar surface area (TPSA) is 71.3 Å². The summed E-state index contributed by atoms with van der Waals surface area (Å²) in [5, 5.41) is 13.5. The molecule has 2 rings (SSSR count). The van der Waals surface area contributed by atoms with E-state index < -0.39 is 0 Å². The first kappa shape index (κ1) is 17.7. The van der Waals surface area contributed by atoms with E-state index in [0.29, 0.717) is 17.2 Å². The second kappa shape index (κ2) is 8.27. The quantitative estimate of drug-likeness (QED) is 0.639. The lowest BCUT2D eigenvalue weighted by atomic mass is 10.0. The van der Waals surface area contributed by atoms with Crippen molar-refractivity contribution in [2.75, 3.05) is 19.5 Å². The van der Waals surface area contributed by atoms with Gasteiger partial charge in [-0.25, -0.2) is 0 Å². The van der Waals surface area contributed by atoms with Gasteiger partial charge in [0.15, 0.2) is 11.5 Å². The molecular weight excluding hydrogens is 324 g/mol. The smallest absolute Gasteiger partial charge is 0.228 e. The Morgan fingerprint density at radius 1 is 1.17 bits per heavy atom. The molecule has 0 heterocycles. The van der Waals surface area contributed by atoms with Crippen molar-refractivity contribution in [2.24, 2.45) is 0 Å². The van der Waals surface area contributed by atoms with Crippen molar-refractivity contribution in [3.8, 4) is 16.9 Å². The Bertz CT molecular complexity index is 767. The number of carbonyl (C=O) groups is 1. The van der Waals surface area contributed by atoms with Crippen LogP contribution in [0.2, 0.25) is 0 Å². The molecule has 1 amide bonds. The number of amides is 1. The van der Waals surface area contributed by atoms with Crippen molar-refractivity contribution in [2.45, 2.75) is 18.2 Å². The van der Waals surface area contributed by atoms with Crippen LogP contribution in [0.15, 0.2) is 41.3 Å². The number of hydrogen-bond acceptors (Lipinski definition) is 5. The number of nitriles is 1. The van der Waals surface area contributed by atoms with Crippen LogP contribution >= 0.6 is 11.8 Å². The number of methoxy groups -OCH3 is 2. The lowest BCUT2D eigenvalue weighted by molar-refractivity contribution is -0.115. The molecule has 2 aromatic rings. The molecule has 0 bridgehead atoms. The van der Waals surface area contributed by atoms with Crippen LogP contribution in [0, 0.1) is 17.6 Å². The molecule has 0 aliphatic carbocycles. The van der Waals surface area contributed by atoms with Gasteiger partial charge in [0.1, 0.15) is 5.40 Å². The third-order valence-corrected chi connectivity index (χ3v) is 4.09. The number of anilines is 1. The van der Waals surface area contributed by atoms with Crippen LogP contribution in [-0.2, 0) is 11.2 Å². The Morgan fingerprint density at radius 3 is 2.38 bits per heavy atom. The number of benzene rings is 2. The van der Waals surface area contributed by atoms with Crippen LogP contribution < -0.4 is 14.8 Å². The second-order valence-electron chi connectivity index (χ2n) is 5.08. The molecule has 24 heavy (non-hydrogen) atoms. The summed E-state index contributed by atoms with van der Waals surface area (Å²) in [5.41, 5.74) is 2.53. The zero-order chi connectivity index (χ0) is 17.5. The Labute approximate surface area is 145 Å². The number of nitrogens with one attached hydrogen (secondary N) is 1. The molecule has 124 valence electrons. The number of hydrogen-bond donors (Lipinski definition) is 1. The van der Waals surface area contributed by atoms with E-state index in [2.05, 4.69) is 5.32 Å². The van der Waals surface area contributed by atoms with Gasteiger partial charge < -0.3 is 14.8 Å².